The second kappa shape index (κ2) is 5.24. The monoisotopic (exact) mass is 277 g/mol. The number of carbonyl (C=O) groups excluding carboxylic acids is 1. The van der Waals surface area contributed by atoms with Crippen LogP contribution in [0.15, 0.2) is 29.1 Å². The molecule has 19 heavy (non-hydrogen) atoms. The molecule has 0 aliphatic heterocycles. The molecule has 2 rings (SSSR count). The smallest absolute Gasteiger partial charge is 0.276 e. The van der Waals surface area contributed by atoms with Crippen molar-refractivity contribution in [1.29, 1.82) is 0 Å². The number of aromatic nitrogens is 2. The van der Waals surface area contributed by atoms with Crippen LogP contribution in [0.3, 0.4) is 0 Å². The minimum absolute atomic E-state index is 0.121. The molecule has 0 unspecified atom stereocenters. The normalized spacial score (nSPS) is 10.3. The van der Waals surface area contributed by atoms with E-state index in [4.69, 9.17) is 11.6 Å². The molecule has 0 fully saturated rings. The molecule has 98 valence electrons. The van der Waals surface area contributed by atoms with Gasteiger partial charge in [-0.15, -0.1) is 0 Å². The average molecular weight is 278 g/mol. The second-order valence-electron chi connectivity index (χ2n) is 4.20. The first-order valence-electron chi connectivity index (χ1n) is 5.61. The van der Waals surface area contributed by atoms with E-state index in [1.807, 2.05) is 19.9 Å². The summed E-state index contributed by atoms with van der Waals surface area (Å²) in [5.41, 5.74) is 2.19. The van der Waals surface area contributed by atoms with Gasteiger partial charge in [0.25, 0.3) is 11.5 Å². The van der Waals surface area contributed by atoms with Gasteiger partial charge in [-0.05, 0) is 37.1 Å². The van der Waals surface area contributed by atoms with Crippen LogP contribution < -0.4 is 10.9 Å². The maximum atomic E-state index is 12.0. The Morgan fingerprint density at radius 3 is 2.63 bits per heavy atom. The van der Waals surface area contributed by atoms with Crippen molar-refractivity contribution in [1.82, 2.24) is 10.2 Å². The third kappa shape index (κ3) is 3.00. The standard InChI is InChI=1S/C13H12ClN3O2/c1-7-5-8(2)12(9(14)6-7)15-13(19)10-3-4-11(18)17-16-10/h3-6H,1-2H3,(H,15,19)(H,17,18). The molecule has 2 N–H and O–H groups in total. The summed E-state index contributed by atoms with van der Waals surface area (Å²) in [5.74, 6) is -0.426. The Labute approximate surface area is 114 Å². The summed E-state index contributed by atoms with van der Waals surface area (Å²) in [5, 5.41) is 9.02. The summed E-state index contributed by atoms with van der Waals surface area (Å²) in [6.07, 6.45) is 0. The fourth-order valence-corrected chi connectivity index (χ4v) is 2.09. The molecule has 6 heteroatoms. The zero-order valence-corrected chi connectivity index (χ0v) is 11.2. The number of nitrogens with one attached hydrogen (secondary N) is 2. The number of carbonyl (C=O) groups is 1. The molecule has 1 aromatic carbocycles. The zero-order valence-electron chi connectivity index (χ0n) is 10.5. The molecule has 5 nitrogen and oxygen atoms in total. The summed E-state index contributed by atoms with van der Waals surface area (Å²) in [4.78, 5) is 22.8. The topological polar surface area (TPSA) is 74.8 Å². The van der Waals surface area contributed by atoms with Crippen molar-refractivity contribution in [2.45, 2.75) is 13.8 Å². The molecule has 0 bridgehead atoms. The van der Waals surface area contributed by atoms with Crippen molar-refractivity contribution in [3.05, 3.63) is 56.5 Å². The zero-order chi connectivity index (χ0) is 14.0. The molecule has 0 aliphatic rings. The van der Waals surface area contributed by atoms with Gasteiger partial charge in [0.05, 0.1) is 10.7 Å². The van der Waals surface area contributed by atoms with Crippen LogP contribution in [0.2, 0.25) is 5.02 Å². The van der Waals surface area contributed by atoms with E-state index in [0.717, 1.165) is 11.1 Å². The first-order chi connectivity index (χ1) is 8.97. The molecule has 1 amide bonds. The highest BCUT2D eigenvalue weighted by Crippen LogP contribution is 2.27. The Bertz CT molecular complexity index is 651. The Morgan fingerprint density at radius 2 is 2.05 bits per heavy atom. The van der Waals surface area contributed by atoms with Gasteiger partial charge >= 0.3 is 0 Å². The van der Waals surface area contributed by atoms with Gasteiger partial charge in [-0.2, -0.15) is 5.10 Å². The van der Waals surface area contributed by atoms with Crippen molar-refractivity contribution in [2.24, 2.45) is 0 Å². The number of halogens is 1. The number of aromatic amines is 1. The number of anilines is 1. The fraction of sp³-hybridized carbons (Fsp3) is 0.154. The van der Waals surface area contributed by atoms with E-state index in [-0.39, 0.29) is 11.3 Å². The van der Waals surface area contributed by atoms with Crippen molar-refractivity contribution in [2.75, 3.05) is 5.32 Å². The van der Waals surface area contributed by atoms with E-state index in [1.54, 1.807) is 6.07 Å². The lowest BCUT2D eigenvalue weighted by Crippen LogP contribution is -2.18. The molecule has 0 atom stereocenters. The highest BCUT2D eigenvalue weighted by atomic mass is 35.5. The van der Waals surface area contributed by atoms with Crippen molar-refractivity contribution < 1.29 is 4.79 Å². The molecule has 0 spiro atoms. The largest absolute Gasteiger partial charge is 0.319 e. The fourth-order valence-electron chi connectivity index (χ4n) is 1.72. The number of nitrogens with zero attached hydrogens (tertiary/aromatic N) is 1. The molecule has 0 radical (unpaired) electrons. The number of rotatable bonds is 2. The molecule has 1 heterocycles. The third-order valence-electron chi connectivity index (χ3n) is 2.58. The Kier molecular flexibility index (Phi) is 3.66. The molecule has 2 aromatic rings. The van der Waals surface area contributed by atoms with Crippen LogP contribution in [0.25, 0.3) is 0 Å². The lowest BCUT2D eigenvalue weighted by atomic mass is 10.1. The highest BCUT2D eigenvalue weighted by molar-refractivity contribution is 6.34. The van der Waals surface area contributed by atoms with E-state index >= 15 is 0 Å². The Morgan fingerprint density at radius 1 is 1.32 bits per heavy atom. The minimum atomic E-state index is -0.426. The number of hydrogen-bond acceptors (Lipinski definition) is 3. The highest BCUT2D eigenvalue weighted by Gasteiger charge is 2.12. The maximum absolute atomic E-state index is 12.0. The summed E-state index contributed by atoms with van der Waals surface area (Å²) in [7, 11) is 0. The van der Waals surface area contributed by atoms with Crippen LogP contribution in [0, 0.1) is 13.8 Å². The van der Waals surface area contributed by atoms with Gasteiger partial charge in [-0.1, -0.05) is 17.7 Å². The van der Waals surface area contributed by atoms with Gasteiger partial charge in [-0.25, -0.2) is 5.10 Å². The molecule has 1 aromatic heterocycles. The molecule has 0 saturated carbocycles. The van der Waals surface area contributed by atoms with Crippen LogP contribution in [0.5, 0.6) is 0 Å². The van der Waals surface area contributed by atoms with Gasteiger partial charge in [0.15, 0.2) is 0 Å². The Balaban J connectivity index is 2.29. The van der Waals surface area contributed by atoms with Crippen LogP contribution in [-0.2, 0) is 0 Å². The van der Waals surface area contributed by atoms with Crippen molar-refractivity contribution >= 4 is 23.2 Å². The predicted octanol–water partition coefficient (Wildman–Crippen LogP) is 2.29. The van der Waals surface area contributed by atoms with Crippen molar-refractivity contribution in [3.63, 3.8) is 0 Å². The maximum Gasteiger partial charge on any atom is 0.276 e. The van der Waals surface area contributed by atoms with E-state index in [9.17, 15) is 9.59 Å². The summed E-state index contributed by atoms with van der Waals surface area (Å²) < 4.78 is 0. The quantitative estimate of drug-likeness (QED) is 0.884. The van der Waals surface area contributed by atoms with Gasteiger partial charge in [0.2, 0.25) is 0 Å². The summed E-state index contributed by atoms with van der Waals surface area (Å²) in [6, 6.07) is 6.28. The first-order valence-corrected chi connectivity index (χ1v) is 5.99. The first kappa shape index (κ1) is 13.3. The second-order valence-corrected chi connectivity index (χ2v) is 4.61. The molecular formula is C13H12ClN3O2. The van der Waals surface area contributed by atoms with E-state index < -0.39 is 5.91 Å². The van der Waals surface area contributed by atoms with Gasteiger partial charge < -0.3 is 5.32 Å². The Hall–Kier alpha value is -2.14. The summed E-state index contributed by atoms with van der Waals surface area (Å²) in [6.45, 7) is 3.78. The van der Waals surface area contributed by atoms with E-state index in [0.29, 0.717) is 10.7 Å². The SMILES string of the molecule is Cc1cc(C)c(NC(=O)c2ccc(=O)[nH]n2)c(Cl)c1. The van der Waals surface area contributed by atoms with Gasteiger partial charge in [0, 0.05) is 6.07 Å². The van der Waals surface area contributed by atoms with Gasteiger partial charge in [-0.3, -0.25) is 9.59 Å². The number of aryl methyl sites for hydroxylation is 2. The predicted molar refractivity (Wildman–Crippen MR) is 73.7 cm³/mol. The number of H-pyrrole nitrogens is 1. The molecular weight excluding hydrogens is 266 g/mol. The van der Waals surface area contributed by atoms with Crippen LogP contribution in [-0.4, -0.2) is 16.1 Å². The number of amides is 1. The van der Waals surface area contributed by atoms with Crippen molar-refractivity contribution in [3.8, 4) is 0 Å². The van der Waals surface area contributed by atoms with E-state index in [1.165, 1.54) is 12.1 Å². The minimum Gasteiger partial charge on any atom is -0.319 e. The van der Waals surface area contributed by atoms with Crippen LogP contribution in [0.4, 0.5) is 5.69 Å². The van der Waals surface area contributed by atoms with Gasteiger partial charge in [0.1, 0.15) is 5.69 Å². The number of benzene rings is 1. The number of hydrogen-bond donors (Lipinski definition) is 2. The van der Waals surface area contributed by atoms with E-state index in [2.05, 4.69) is 15.5 Å². The lowest BCUT2D eigenvalue weighted by Gasteiger charge is -2.10. The van der Waals surface area contributed by atoms with Crippen LogP contribution in [0.1, 0.15) is 21.6 Å². The lowest BCUT2D eigenvalue weighted by molar-refractivity contribution is 0.102. The summed E-state index contributed by atoms with van der Waals surface area (Å²) >= 11 is 6.10. The molecule has 0 aliphatic carbocycles. The average Bonchev–Trinajstić information content (AvgIpc) is 2.34. The third-order valence-corrected chi connectivity index (χ3v) is 2.88. The molecule has 0 saturated heterocycles. The van der Waals surface area contributed by atoms with Crippen LogP contribution >= 0.6 is 11.6 Å².